The third kappa shape index (κ3) is 4.32. The fourth-order valence-corrected chi connectivity index (χ4v) is 3.31. The molecule has 3 rings (SSSR count). The molecule has 158 valence electrons. The van der Waals surface area contributed by atoms with Crippen molar-refractivity contribution >= 4 is 22.8 Å². The molecule has 30 heavy (non-hydrogen) atoms. The van der Waals surface area contributed by atoms with Crippen molar-refractivity contribution in [2.45, 2.75) is 26.3 Å². The van der Waals surface area contributed by atoms with E-state index in [9.17, 15) is 22.8 Å². The van der Waals surface area contributed by atoms with Crippen molar-refractivity contribution in [1.82, 2.24) is 4.57 Å². The molecule has 0 saturated carbocycles. The number of ether oxygens (including phenoxy) is 2. The molecule has 0 bridgehead atoms. The number of hydrogen-bond donors (Lipinski definition) is 0. The van der Waals surface area contributed by atoms with Gasteiger partial charge in [-0.2, -0.15) is 0 Å². The minimum absolute atomic E-state index is 0.0379. The number of fused-ring (bicyclic) bond motifs is 1. The summed E-state index contributed by atoms with van der Waals surface area (Å²) in [7, 11) is 0. The van der Waals surface area contributed by atoms with Gasteiger partial charge in [0.2, 0.25) is 0 Å². The second-order valence-electron chi connectivity index (χ2n) is 6.55. The van der Waals surface area contributed by atoms with E-state index in [2.05, 4.69) is 0 Å². The quantitative estimate of drug-likeness (QED) is 0.423. The monoisotopic (exact) mass is 419 g/mol. The summed E-state index contributed by atoms with van der Waals surface area (Å²) >= 11 is 0. The molecule has 1 aromatic heterocycles. The molecule has 0 radical (unpaired) electrons. The number of carbonyl (C=O) groups excluding carboxylic acids is 2. The van der Waals surface area contributed by atoms with E-state index in [1.807, 2.05) is 0 Å². The van der Waals surface area contributed by atoms with Crippen LogP contribution in [0.15, 0.2) is 42.6 Å². The summed E-state index contributed by atoms with van der Waals surface area (Å²) in [6, 6.07) is 6.89. The molecular weight excluding hydrogens is 399 g/mol. The number of rotatable bonds is 7. The highest BCUT2D eigenvalue weighted by molar-refractivity contribution is 6.04. The zero-order valence-electron chi connectivity index (χ0n) is 16.5. The van der Waals surface area contributed by atoms with Crippen molar-refractivity contribution in [3.8, 4) is 0 Å². The maximum Gasteiger partial charge on any atom is 0.324 e. The van der Waals surface area contributed by atoms with Gasteiger partial charge in [-0.1, -0.05) is 0 Å². The summed E-state index contributed by atoms with van der Waals surface area (Å²) in [4.78, 5) is 25.0. The highest BCUT2D eigenvalue weighted by Gasteiger charge is 2.34. The van der Waals surface area contributed by atoms with Crippen LogP contribution in [0, 0.1) is 17.5 Å². The fourth-order valence-electron chi connectivity index (χ4n) is 3.31. The average Bonchev–Trinajstić information content (AvgIpc) is 3.02. The summed E-state index contributed by atoms with van der Waals surface area (Å²) < 4.78 is 53.3. The van der Waals surface area contributed by atoms with Gasteiger partial charge < -0.3 is 14.0 Å². The summed E-state index contributed by atoms with van der Waals surface area (Å²) in [6.45, 7) is 3.17. The van der Waals surface area contributed by atoms with Gasteiger partial charge in [0.1, 0.15) is 17.5 Å². The molecule has 0 spiro atoms. The molecule has 2 aromatic carbocycles. The van der Waals surface area contributed by atoms with Crippen LogP contribution in [0.25, 0.3) is 10.9 Å². The first kappa shape index (κ1) is 21.4. The molecule has 0 saturated heterocycles. The predicted octanol–water partition coefficient (Wildman–Crippen LogP) is 4.32. The van der Waals surface area contributed by atoms with E-state index in [-0.39, 0.29) is 36.3 Å². The van der Waals surface area contributed by atoms with Gasteiger partial charge in [0.15, 0.2) is 5.92 Å². The average molecular weight is 419 g/mol. The lowest BCUT2D eigenvalue weighted by Crippen LogP contribution is -2.26. The first-order valence-electron chi connectivity index (χ1n) is 9.41. The number of esters is 2. The Morgan fingerprint density at radius 3 is 2.17 bits per heavy atom. The van der Waals surface area contributed by atoms with Crippen molar-refractivity contribution in [3.63, 3.8) is 0 Å². The first-order valence-corrected chi connectivity index (χ1v) is 9.41. The highest BCUT2D eigenvalue weighted by atomic mass is 19.1. The molecule has 0 fully saturated rings. The van der Waals surface area contributed by atoms with E-state index in [0.29, 0.717) is 5.52 Å². The van der Waals surface area contributed by atoms with Crippen molar-refractivity contribution in [2.24, 2.45) is 0 Å². The van der Waals surface area contributed by atoms with E-state index < -0.39 is 35.3 Å². The minimum atomic E-state index is -1.44. The smallest absolute Gasteiger partial charge is 0.324 e. The SMILES string of the molecule is CCOC(=O)C(C(=O)OCC)c1cn(Cc2cc(F)ccc2F)c2ccc(F)cc12. The molecule has 8 heteroatoms. The molecule has 0 atom stereocenters. The van der Waals surface area contributed by atoms with Gasteiger partial charge in [0.05, 0.1) is 19.8 Å². The summed E-state index contributed by atoms with van der Waals surface area (Å²) in [6.07, 6.45) is 1.44. The van der Waals surface area contributed by atoms with Crippen molar-refractivity contribution in [3.05, 3.63) is 71.2 Å². The van der Waals surface area contributed by atoms with Gasteiger partial charge in [0, 0.05) is 28.2 Å². The van der Waals surface area contributed by atoms with Crippen LogP contribution in [0.2, 0.25) is 0 Å². The lowest BCUT2D eigenvalue weighted by atomic mass is 9.98. The molecular formula is C22H20F3NO4. The number of nitrogens with zero attached hydrogens (tertiary/aromatic N) is 1. The molecule has 0 amide bonds. The third-order valence-corrected chi connectivity index (χ3v) is 4.58. The molecule has 0 aliphatic carbocycles. The van der Waals surface area contributed by atoms with Crippen LogP contribution in [0.3, 0.4) is 0 Å². The first-order chi connectivity index (χ1) is 14.3. The van der Waals surface area contributed by atoms with Crippen LogP contribution in [-0.2, 0) is 25.6 Å². The number of benzene rings is 2. The number of hydrogen-bond acceptors (Lipinski definition) is 4. The van der Waals surface area contributed by atoms with E-state index >= 15 is 0 Å². The van der Waals surface area contributed by atoms with Gasteiger partial charge in [-0.05, 0) is 50.2 Å². The molecule has 0 aliphatic rings. The fraction of sp³-hybridized carbons (Fsp3) is 0.273. The van der Waals surface area contributed by atoms with Crippen LogP contribution in [0.5, 0.6) is 0 Å². The third-order valence-electron chi connectivity index (χ3n) is 4.58. The zero-order valence-corrected chi connectivity index (χ0v) is 16.5. The van der Waals surface area contributed by atoms with Crippen molar-refractivity contribution in [1.29, 1.82) is 0 Å². The van der Waals surface area contributed by atoms with Crippen LogP contribution >= 0.6 is 0 Å². The Kier molecular flexibility index (Phi) is 6.44. The Hall–Kier alpha value is -3.29. The Morgan fingerprint density at radius 1 is 0.933 bits per heavy atom. The maximum atomic E-state index is 14.2. The second-order valence-corrected chi connectivity index (χ2v) is 6.55. The molecule has 3 aromatic rings. The highest BCUT2D eigenvalue weighted by Crippen LogP contribution is 2.31. The molecule has 0 N–H and O–H groups in total. The predicted molar refractivity (Wildman–Crippen MR) is 103 cm³/mol. The summed E-state index contributed by atoms with van der Waals surface area (Å²) in [5, 5.41) is 0.276. The van der Waals surface area contributed by atoms with Crippen LogP contribution < -0.4 is 0 Å². The van der Waals surface area contributed by atoms with E-state index in [4.69, 9.17) is 9.47 Å². The lowest BCUT2D eigenvalue weighted by molar-refractivity contribution is -0.156. The Morgan fingerprint density at radius 2 is 1.53 bits per heavy atom. The minimum Gasteiger partial charge on any atom is -0.465 e. The van der Waals surface area contributed by atoms with Crippen molar-refractivity contribution in [2.75, 3.05) is 13.2 Å². The number of carbonyl (C=O) groups is 2. The van der Waals surface area contributed by atoms with Crippen LogP contribution in [0.1, 0.15) is 30.9 Å². The summed E-state index contributed by atoms with van der Waals surface area (Å²) in [5.41, 5.74) is 0.665. The normalized spacial score (nSPS) is 11.1. The Balaban J connectivity index is 2.16. The standard InChI is InChI=1S/C22H20F3NO4/c1-3-29-21(27)20(22(28)30-4-2)17-12-26(19-8-6-15(24)10-16(17)19)11-13-9-14(23)5-7-18(13)25/h5-10,12,20H,3-4,11H2,1-2H3. The number of aromatic nitrogens is 1. The van der Waals surface area contributed by atoms with E-state index in [1.54, 1.807) is 13.8 Å². The molecule has 1 heterocycles. The van der Waals surface area contributed by atoms with Crippen LogP contribution in [-0.4, -0.2) is 29.7 Å². The maximum absolute atomic E-state index is 14.2. The molecule has 0 unspecified atom stereocenters. The van der Waals surface area contributed by atoms with Crippen LogP contribution in [0.4, 0.5) is 13.2 Å². The second kappa shape index (κ2) is 9.02. The Labute approximate surface area is 171 Å². The molecule has 5 nitrogen and oxygen atoms in total. The zero-order chi connectivity index (χ0) is 21.8. The van der Waals surface area contributed by atoms with Gasteiger partial charge in [-0.25, -0.2) is 13.2 Å². The van der Waals surface area contributed by atoms with E-state index in [1.165, 1.54) is 29.0 Å². The van der Waals surface area contributed by atoms with Gasteiger partial charge >= 0.3 is 11.9 Å². The summed E-state index contributed by atoms with van der Waals surface area (Å²) in [5.74, 6) is -4.91. The number of halogens is 3. The van der Waals surface area contributed by atoms with Gasteiger partial charge in [-0.15, -0.1) is 0 Å². The lowest BCUT2D eigenvalue weighted by Gasteiger charge is -2.14. The largest absolute Gasteiger partial charge is 0.465 e. The van der Waals surface area contributed by atoms with Gasteiger partial charge in [0.25, 0.3) is 0 Å². The van der Waals surface area contributed by atoms with Gasteiger partial charge in [-0.3, -0.25) is 9.59 Å². The Bertz CT molecular complexity index is 1080. The molecule has 0 aliphatic heterocycles. The van der Waals surface area contributed by atoms with Crippen molar-refractivity contribution < 1.29 is 32.2 Å². The topological polar surface area (TPSA) is 57.5 Å². The van der Waals surface area contributed by atoms with E-state index in [0.717, 1.165) is 18.2 Å².